The van der Waals surface area contributed by atoms with Crippen LogP contribution in [0.4, 0.5) is 11.5 Å². The molecule has 2 aromatic rings. The second kappa shape index (κ2) is 6.27. The minimum absolute atomic E-state index is 0.349. The smallest absolute Gasteiger partial charge is 0.132 e. The van der Waals surface area contributed by atoms with Crippen molar-refractivity contribution in [3.05, 3.63) is 52.1 Å². The number of rotatable bonds is 4. The molecular weight excluding hydrogens is 314 g/mol. The van der Waals surface area contributed by atoms with Gasteiger partial charge in [-0.25, -0.2) is 4.98 Å². The topological polar surface area (TPSA) is 42.2 Å². The lowest BCUT2D eigenvalue weighted by atomic mass is 10.1. The maximum Gasteiger partial charge on any atom is 0.132 e. The largest absolute Gasteiger partial charge is 0.398 e. The average Bonchev–Trinajstić information content (AvgIpc) is 2.38. The van der Waals surface area contributed by atoms with Crippen LogP contribution in [-0.4, -0.2) is 11.0 Å². The molecule has 0 atom stereocenters. The molecule has 0 aliphatic carbocycles. The van der Waals surface area contributed by atoms with Gasteiger partial charge in [0.05, 0.1) is 0 Å². The van der Waals surface area contributed by atoms with Gasteiger partial charge in [-0.1, -0.05) is 18.2 Å². The lowest BCUT2D eigenvalue weighted by Crippen LogP contribution is -2.31. The van der Waals surface area contributed by atoms with E-state index in [1.807, 2.05) is 24.4 Å². The zero-order chi connectivity index (χ0) is 14.7. The highest BCUT2D eigenvalue weighted by Crippen LogP contribution is 2.25. The number of nitrogens with zero attached hydrogens (tertiary/aromatic N) is 2. The van der Waals surface area contributed by atoms with E-state index in [0.29, 0.717) is 6.04 Å². The van der Waals surface area contributed by atoms with Gasteiger partial charge in [0.2, 0.25) is 0 Å². The Hall–Kier alpha value is -1.55. The Bertz CT molecular complexity index is 596. The molecule has 2 rings (SSSR count). The summed E-state index contributed by atoms with van der Waals surface area (Å²) in [6.45, 7) is 7.18. The van der Waals surface area contributed by atoms with E-state index in [9.17, 15) is 0 Å². The predicted octanol–water partition coefficient (Wildman–Crippen LogP) is 4.15. The third-order valence-electron chi connectivity index (χ3n) is 3.31. The molecule has 0 bridgehead atoms. The Labute approximate surface area is 129 Å². The molecule has 4 heteroatoms. The number of halogens is 1. The molecule has 0 aliphatic heterocycles. The van der Waals surface area contributed by atoms with Crippen LogP contribution >= 0.6 is 15.9 Å². The molecule has 2 N–H and O–H groups in total. The van der Waals surface area contributed by atoms with E-state index < -0.39 is 0 Å². The molecule has 0 radical (unpaired) electrons. The Morgan fingerprint density at radius 1 is 1.30 bits per heavy atom. The minimum atomic E-state index is 0.349. The van der Waals surface area contributed by atoms with Gasteiger partial charge in [0.1, 0.15) is 5.82 Å². The summed E-state index contributed by atoms with van der Waals surface area (Å²) in [5.41, 5.74) is 9.17. The van der Waals surface area contributed by atoms with Crippen LogP contribution < -0.4 is 10.6 Å². The summed E-state index contributed by atoms with van der Waals surface area (Å²) < 4.78 is 1.00. The van der Waals surface area contributed by atoms with Crippen LogP contribution in [0.3, 0.4) is 0 Å². The summed E-state index contributed by atoms with van der Waals surface area (Å²) >= 11 is 3.46. The van der Waals surface area contributed by atoms with Crippen LogP contribution in [0, 0.1) is 6.92 Å². The van der Waals surface area contributed by atoms with Crippen molar-refractivity contribution < 1.29 is 0 Å². The van der Waals surface area contributed by atoms with Gasteiger partial charge >= 0.3 is 0 Å². The lowest BCUT2D eigenvalue weighted by molar-refractivity contribution is 0.670. The molecule has 20 heavy (non-hydrogen) atoms. The zero-order valence-corrected chi connectivity index (χ0v) is 13.7. The summed E-state index contributed by atoms with van der Waals surface area (Å²) in [7, 11) is 0. The van der Waals surface area contributed by atoms with E-state index in [2.05, 4.69) is 58.7 Å². The highest BCUT2D eigenvalue weighted by molar-refractivity contribution is 9.10. The first-order chi connectivity index (χ1) is 9.49. The van der Waals surface area contributed by atoms with Gasteiger partial charge in [-0.15, -0.1) is 0 Å². The molecule has 0 fully saturated rings. The van der Waals surface area contributed by atoms with Gasteiger partial charge < -0.3 is 10.6 Å². The summed E-state index contributed by atoms with van der Waals surface area (Å²) in [5.74, 6) is 1.01. The second-order valence-electron chi connectivity index (χ2n) is 5.21. The highest BCUT2D eigenvalue weighted by Gasteiger charge is 2.16. The Kier molecular flexibility index (Phi) is 4.65. The maximum atomic E-state index is 6.05. The van der Waals surface area contributed by atoms with Crippen LogP contribution in [0.1, 0.15) is 25.0 Å². The Morgan fingerprint density at radius 2 is 2.00 bits per heavy atom. The van der Waals surface area contributed by atoms with Gasteiger partial charge in [0.25, 0.3) is 0 Å². The van der Waals surface area contributed by atoms with Crippen molar-refractivity contribution in [1.82, 2.24) is 4.98 Å². The van der Waals surface area contributed by atoms with Crippen molar-refractivity contribution in [2.75, 3.05) is 10.6 Å². The normalized spacial score (nSPS) is 10.8. The molecule has 0 amide bonds. The number of hydrogen-bond acceptors (Lipinski definition) is 3. The number of para-hydroxylation sites is 1. The molecule has 0 spiro atoms. The van der Waals surface area contributed by atoms with Crippen LogP contribution in [-0.2, 0) is 6.54 Å². The monoisotopic (exact) mass is 333 g/mol. The quantitative estimate of drug-likeness (QED) is 0.854. The van der Waals surface area contributed by atoms with Crippen molar-refractivity contribution in [1.29, 1.82) is 0 Å². The number of benzene rings is 1. The summed E-state index contributed by atoms with van der Waals surface area (Å²) in [6, 6.07) is 10.4. The van der Waals surface area contributed by atoms with E-state index in [0.717, 1.165) is 33.6 Å². The molecule has 1 heterocycles. The molecule has 0 saturated heterocycles. The molecule has 3 nitrogen and oxygen atoms in total. The number of pyridine rings is 1. The van der Waals surface area contributed by atoms with Crippen LogP contribution in [0.5, 0.6) is 0 Å². The Morgan fingerprint density at radius 3 is 2.60 bits per heavy atom. The lowest BCUT2D eigenvalue weighted by Gasteiger charge is -2.29. The highest BCUT2D eigenvalue weighted by atomic mass is 79.9. The molecular formula is C16H20BrN3. The minimum Gasteiger partial charge on any atom is -0.398 e. The zero-order valence-electron chi connectivity index (χ0n) is 12.1. The number of anilines is 2. The Balaban J connectivity index is 2.35. The van der Waals surface area contributed by atoms with Crippen LogP contribution in [0.2, 0.25) is 0 Å². The third kappa shape index (κ3) is 3.31. The molecule has 0 aliphatic rings. The fraction of sp³-hybridized carbons (Fsp3) is 0.312. The average molecular weight is 334 g/mol. The maximum absolute atomic E-state index is 6.05. The van der Waals surface area contributed by atoms with E-state index in [1.165, 1.54) is 0 Å². The van der Waals surface area contributed by atoms with Gasteiger partial charge in [-0.05, 0) is 60.0 Å². The van der Waals surface area contributed by atoms with Crippen molar-refractivity contribution in [3.63, 3.8) is 0 Å². The van der Waals surface area contributed by atoms with Gasteiger partial charge in [-0.3, -0.25) is 0 Å². The van der Waals surface area contributed by atoms with Crippen molar-refractivity contribution in [2.24, 2.45) is 0 Å². The number of hydrogen-bond donors (Lipinski definition) is 1. The van der Waals surface area contributed by atoms with Gasteiger partial charge in [0, 0.05) is 28.9 Å². The standard InChI is InChI=1S/C16H20BrN3/c1-11(2)20(10-13-6-4-5-7-15(13)18)16-12(3)8-14(17)9-19-16/h4-9,11H,10,18H2,1-3H3. The van der Waals surface area contributed by atoms with Gasteiger partial charge in [-0.2, -0.15) is 0 Å². The van der Waals surface area contributed by atoms with Crippen molar-refractivity contribution in [3.8, 4) is 0 Å². The summed E-state index contributed by atoms with van der Waals surface area (Å²) in [5, 5.41) is 0. The molecule has 0 unspecified atom stereocenters. The summed E-state index contributed by atoms with van der Waals surface area (Å²) in [4.78, 5) is 6.83. The molecule has 1 aromatic carbocycles. The number of nitrogen functional groups attached to an aromatic ring is 1. The van der Waals surface area contributed by atoms with Crippen LogP contribution in [0.15, 0.2) is 41.0 Å². The molecule has 106 valence electrons. The first-order valence-corrected chi connectivity index (χ1v) is 7.50. The van der Waals surface area contributed by atoms with Crippen LogP contribution in [0.25, 0.3) is 0 Å². The van der Waals surface area contributed by atoms with E-state index in [-0.39, 0.29) is 0 Å². The summed E-state index contributed by atoms with van der Waals surface area (Å²) in [6.07, 6.45) is 1.84. The van der Waals surface area contributed by atoms with E-state index in [1.54, 1.807) is 0 Å². The number of aromatic nitrogens is 1. The second-order valence-corrected chi connectivity index (χ2v) is 6.13. The van der Waals surface area contributed by atoms with Gasteiger partial charge in [0.15, 0.2) is 0 Å². The first-order valence-electron chi connectivity index (χ1n) is 6.71. The SMILES string of the molecule is Cc1cc(Br)cnc1N(Cc1ccccc1N)C(C)C. The third-order valence-corrected chi connectivity index (χ3v) is 3.74. The van der Waals surface area contributed by atoms with Crippen molar-refractivity contribution in [2.45, 2.75) is 33.4 Å². The molecule has 1 aromatic heterocycles. The van der Waals surface area contributed by atoms with E-state index in [4.69, 9.17) is 5.73 Å². The molecule has 0 saturated carbocycles. The predicted molar refractivity (Wildman–Crippen MR) is 88.8 cm³/mol. The number of aryl methyl sites for hydroxylation is 1. The number of nitrogens with two attached hydrogens (primary N) is 1. The first kappa shape index (κ1) is 14.9. The fourth-order valence-corrected chi connectivity index (χ4v) is 2.64. The fourth-order valence-electron chi connectivity index (χ4n) is 2.20. The van der Waals surface area contributed by atoms with Crippen molar-refractivity contribution >= 4 is 27.4 Å². The van der Waals surface area contributed by atoms with E-state index >= 15 is 0 Å².